The first-order chi connectivity index (χ1) is 8.89. The van der Waals surface area contributed by atoms with E-state index in [0.717, 1.165) is 6.07 Å². The predicted octanol–water partition coefficient (Wildman–Crippen LogP) is 2.72. The molecule has 0 bridgehead atoms. The van der Waals surface area contributed by atoms with Gasteiger partial charge in [0.1, 0.15) is 11.9 Å². The minimum Gasteiger partial charge on any atom is -0.382 e. The lowest BCUT2D eigenvalue weighted by Crippen LogP contribution is -2.10. The molecule has 0 spiro atoms. The molecule has 0 aliphatic heterocycles. The van der Waals surface area contributed by atoms with E-state index in [1.807, 2.05) is 0 Å². The van der Waals surface area contributed by atoms with E-state index in [9.17, 15) is 22.7 Å². The van der Waals surface area contributed by atoms with Gasteiger partial charge >= 0.3 is 6.18 Å². The Morgan fingerprint density at radius 3 is 2.42 bits per heavy atom. The molecule has 2 aromatic rings. The van der Waals surface area contributed by atoms with Gasteiger partial charge in [-0.2, -0.15) is 13.2 Å². The zero-order chi connectivity index (χ0) is 14.0. The summed E-state index contributed by atoms with van der Waals surface area (Å²) in [5.41, 5.74) is -1.27. The lowest BCUT2D eigenvalue weighted by Gasteiger charge is -2.13. The van der Waals surface area contributed by atoms with Crippen LogP contribution >= 0.6 is 0 Å². The summed E-state index contributed by atoms with van der Waals surface area (Å²) in [6.45, 7) is 0. The van der Waals surface area contributed by atoms with Gasteiger partial charge in [0.05, 0.1) is 17.5 Å². The average Bonchev–Trinajstić information content (AvgIpc) is 2.37. The first kappa shape index (κ1) is 13.4. The van der Waals surface area contributed by atoms with E-state index in [2.05, 4.69) is 9.97 Å². The van der Waals surface area contributed by atoms with Crippen LogP contribution in [-0.4, -0.2) is 15.1 Å². The number of aliphatic hydroxyl groups excluding tert-OH is 1. The van der Waals surface area contributed by atoms with Crippen LogP contribution in [0.3, 0.4) is 0 Å². The second-order valence-corrected chi connectivity index (χ2v) is 3.77. The van der Waals surface area contributed by atoms with Gasteiger partial charge in [-0.05, 0) is 17.7 Å². The minimum absolute atomic E-state index is 0.0222. The van der Waals surface area contributed by atoms with Gasteiger partial charge < -0.3 is 5.11 Å². The maximum atomic E-state index is 13.4. The van der Waals surface area contributed by atoms with Crippen LogP contribution in [0, 0.1) is 5.82 Å². The molecule has 19 heavy (non-hydrogen) atoms. The van der Waals surface area contributed by atoms with Gasteiger partial charge in [0.25, 0.3) is 0 Å². The number of nitrogens with zero attached hydrogens (tertiary/aromatic N) is 2. The molecule has 1 unspecified atom stereocenters. The maximum Gasteiger partial charge on any atom is 0.419 e. The summed E-state index contributed by atoms with van der Waals surface area (Å²) < 4.78 is 50.5. The summed E-state index contributed by atoms with van der Waals surface area (Å²) in [7, 11) is 0. The van der Waals surface area contributed by atoms with Gasteiger partial charge in [-0.1, -0.05) is 6.07 Å². The zero-order valence-corrected chi connectivity index (χ0v) is 9.39. The first-order valence-corrected chi connectivity index (χ1v) is 5.20. The highest BCUT2D eigenvalue weighted by atomic mass is 19.4. The van der Waals surface area contributed by atoms with E-state index in [-0.39, 0.29) is 11.3 Å². The molecule has 0 aliphatic carbocycles. The Labute approximate surface area is 105 Å². The molecule has 1 aromatic carbocycles. The molecule has 3 nitrogen and oxygen atoms in total. The molecule has 0 saturated carbocycles. The van der Waals surface area contributed by atoms with Gasteiger partial charge in [-0.3, -0.25) is 9.97 Å². The predicted molar refractivity (Wildman–Crippen MR) is 57.5 cm³/mol. The molecule has 1 heterocycles. The van der Waals surface area contributed by atoms with E-state index in [1.165, 1.54) is 18.6 Å². The molecule has 0 fully saturated rings. The fourth-order valence-corrected chi connectivity index (χ4v) is 1.55. The smallest absolute Gasteiger partial charge is 0.382 e. The molecule has 100 valence electrons. The lowest BCUT2D eigenvalue weighted by atomic mass is 10.0. The minimum atomic E-state index is -4.76. The Balaban J connectivity index is 2.35. The van der Waals surface area contributed by atoms with Crippen molar-refractivity contribution in [2.75, 3.05) is 0 Å². The van der Waals surface area contributed by atoms with Gasteiger partial charge in [0.2, 0.25) is 0 Å². The molecule has 2 rings (SSSR count). The van der Waals surface area contributed by atoms with Crippen molar-refractivity contribution in [2.24, 2.45) is 0 Å². The van der Waals surface area contributed by atoms with Crippen molar-refractivity contribution < 1.29 is 22.7 Å². The van der Waals surface area contributed by atoms with Crippen LogP contribution in [0.1, 0.15) is 22.9 Å². The zero-order valence-electron chi connectivity index (χ0n) is 9.39. The van der Waals surface area contributed by atoms with Crippen LogP contribution in [0.4, 0.5) is 17.6 Å². The molecule has 0 radical (unpaired) electrons. The maximum absolute atomic E-state index is 13.4. The molecule has 1 atom stereocenters. The Morgan fingerprint density at radius 1 is 1.16 bits per heavy atom. The summed E-state index contributed by atoms with van der Waals surface area (Å²) in [5, 5.41) is 9.86. The molecule has 1 aromatic heterocycles. The van der Waals surface area contributed by atoms with Gasteiger partial charge in [-0.25, -0.2) is 4.39 Å². The number of benzene rings is 1. The fourth-order valence-electron chi connectivity index (χ4n) is 1.55. The standard InChI is InChI=1S/C12H8F4N2O/c13-9-5-7(1-2-8(9)12(14,15)16)11(19)10-6-17-3-4-18-10/h1-6,11,19H. The number of rotatable bonds is 2. The molecule has 0 aliphatic rings. The van der Waals surface area contributed by atoms with Crippen LogP contribution in [0.15, 0.2) is 36.8 Å². The van der Waals surface area contributed by atoms with Gasteiger partial charge in [0, 0.05) is 12.4 Å². The van der Waals surface area contributed by atoms with Crippen LogP contribution in [0.5, 0.6) is 0 Å². The topological polar surface area (TPSA) is 46.0 Å². The van der Waals surface area contributed by atoms with E-state index < -0.39 is 23.7 Å². The molecular weight excluding hydrogens is 264 g/mol. The van der Waals surface area contributed by atoms with Crippen LogP contribution in [-0.2, 0) is 6.18 Å². The third-order valence-corrected chi connectivity index (χ3v) is 2.48. The van der Waals surface area contributed by atoms with E-state index >= 15 is 0 Å². The van der Waals surface area contributed by atoms with Crippen LogP contribution < -0.4 is 0 Å². The Morgan fingerprint density at radius 2 is 1.89 bits per heavy atom. The highest BCUT2D eigenvalue weighted by molar-refractivity contribution is 5.30. The number of hydrogen-bond donors (Lipinski definition) is 1. The largest absolute Gasteiger partial charge is 0.419 e. The monoisotopic (exact) mass is 272 g/mol. The van der Waals surface area contributed by atoms with Crippen LogP contribution in [0.25, 0.3) is 0 Å². The normalized spacial score (nSPS) is 13.3. The fraction of sp³-hybridized carbons (Fsp3) is 0.167. The average molecular weight is 272 g/mol. The number of aliphatic hydroxyl groups is 1. The van der Waals surface area contributed by atoms with Crippen molar-refractivity contribution >= 4 is 0 Å². The van der Waals surface area contributed by atoms with Crippen molar-refractivity contribution in [3.63, 3.8) is 0 Å². The van der Waals surface area contributed by atoms with Crippen molar-refractivity contribution in [2.45, 2.75) is 12.3 Å². The van der Waals surface area contributed by atoms with Crippen molar-refractivity contribution in [1.82, 2.24) is 9.97 Å². The highest BCUT2D eigenvalue weighted by Gasteiger charge is 2.34. The highest BCUT2D eigenvalue weighted by Crippen LogP contribution is 2.33. The number of halogens is 4. The summed E-state index contributed by atoms with van der Waals surface area (Å²) in [6.07, 6.45) is -2.14. The third kappa shape index (κ3) is 2.87. The quantitative estimate of drug-likeness (QED) is 0.855. The third-order valence-electron chi connectivity index (χ3n) is 2.48. The van der Waals surface area contributed by atoms with E-state index in [4.69, 9.17) is 0 Å². The molecular formula is C12H8F4N2O. The second kappa shape index (κ2) is 4.93. The van der Waals surface area contributed by atoms with E-state index in [1.54, 1.807) is 0 Å². The van der Waals surface area contributed by atoms with Gasteiger partial charge in [-0.15, -0.1) is 0 Å². The van der Waals surface area contributed by atoms with Crippen molar-refractivity contribution in [3.05, 3.63) is 59.4 Å². The molecule has 0 saturated heterocycles. The van der Waals surface area contributed by atoms with Crippen molar-refractivity contribution in [3.8, 4) is 0 Å². The number of aromatic nitrogens is 2. The van der Waals surface area contributed by atoms with E-state index in [0.29, 0.717) is 12.1 Å². The molecule has 7 heteroatoms. The van der Waals surface area contributed by atoms with Crippen molar-refractivity contribution in [1.29, 1.82) is 0 Å². The summed E-state index contributed by atoms with van der Waals surface area (Å²) >= 11 is 0. The summed E-state index contributed by atoms with van der Waals surface area (Å²) in [6, 6.07) is 2.23. The molecule has 1 N–H and O–H groups in total. The molecule has 0 amide bonds. The second-order valence-electron chi connectivity index (χ2n) is 3.77. The summed E-state index contributed by atoms with van der Waals surface area (Å²) in [5.74, 6) is -1.44. The Kier molecular flexibility index (Phi) is 3.48. The SMILES string of the molecule is OC(c1ccc(C(F)(F)F)c(F)c1)c1cnccn1. The number of alkyl halides is 3. The lowest BCUT2D eigenvalue weighted by molar-refractivity contribution is -0.140. The number of hydrogen-bond acceptors (Lipinski definition) is 3. The summed E-state index contributed by atoms with van der Waals surface area (Å²) in [4.78, 5) is 7.51. The Bertz CT molecular complexity index is 572. The first-order valence-electron chi connectivity index (χ1n) is 5.20. The van der Waals surface area contributed by atoms with Gasteiger partial charge in [0.15, 0.2) is 0 Å². The van der Waals surface area contributed by atoms with Crippen LogP contribution in [0.2, 0.25) is 0 Å². The Hall–Kier alpha value is -2.02.